The molecule has 0 aliphatic carbocycles. The Balaban J connectivity index is 0.00000450. The number of hydrogen-bond acceptors (Lipinski definition) is 5. The van der Waals surface area contributed by atoms with Crippen molar-refractivity contribution >= 4 is 55.8 Å². The fourth-order valence-corrected chi connectivity index (χ4v) is 4.69. The van der Waals surface area contributed by atoms with E-state index < -0.39 is 8.80 Å². The fourth-order valence-electron chi connectivity index (χ4n) is 2.99. The molecule has 0 unspecified atom stereocenters. The Morgan fingerprint density at radius 1 is 0.967 bits per heavy atom. The zero-order valence-corrected chi connectivity index (χ0v) is 21.3. The zero-order valence-electron chi connectivity index (χ0n) is 18.0. The second kappa shape index (κ2) is 12.9. The van der Waals surface area contributed by atoms with Crippen molar-refractivity contribution in [2.75, 3.05) is 38.1 Å². The van der Waals surface area contributed by atoms with Crippen LogP contribution in [0, 0.1) is 0 Å². The van der Waals surface area contributed by atoms with Crippen molar-refractivity contribution < 1.29 is 18.1 Å². The minimum Gasteiger partial charge on any atom is -0.377 e. The number of nitrogens with one attached hydrogen (secondary N) is 1. The van der Waals surface area contributed by atoms with Crippen LogP contribution in [-0.2, 0) is 18.1 Å². The highest BCUT2D eigenvalue weighted by molar-refractivity contribution is 14.0. The van der Waals surface area contributed by atoms with Crippen LogP contribution in [0.5, 0.6) is 0 Å². The lowest BCUT2D eigenvalue weighted by Crippen LogP contribution is -2.43. The lowest BCUT2D eigenvalue weighted by atomic mass is 10.2. The number of halogens is 1. The van der Waals surface area contributed by atoms with E-state index >= 15 is 0 Å². The van der Waals surface area contributed by atoms with E-state index in [4.69, 9.17) is 13.3 Å². The van der Waals surface area contributed by atoms with E-state index in [2.05, 4.69) is 28.9 Å². The van der Waals surface area contributed by atoms with Crippen molar-refractivity contribution in [3.8, 4) is 0 Å². The van der Waals surface area contributed by atoms with Gasteiger partial charge in [-0.3, -0.25) is 4.79 Å². The molecule has 0 radical (unpaired) electrons. The van der Waals surface area contributed by atoms with Gasteiger partial charge in [-0.2, -0.15) is 0 Å². The highest BCUT2D eigenvalue weighted by Crippen LogP contribution is 2.28. The van der Waals surface area contributed by atoms with Crippen LogP contribution in [0.1, 0.15) is 13.3 Å². The number of carbonyl (C=O) groups excluding carboxylic acids is 1. The van der Waals surface area contributed by atoms with Gasteiger partial charge in [-0.05, 0) is 49.7 Å². The van der Waals surface area contributed by atoms with Gasteiger partial charge in [-0.25, -0.2) is 0 Å². The highest BCUT2D eigenvalue weighted by Gasteiger charge is 2.37. The van der Waals surface area contributed by atoms with E-state index in [1.807, 2.05) is 42.5 Å². The first kappa shape index (κ1) is 26.3. The number of benzene rings is 2. The maximum absolute atomic E-state index is 11.8. The van der Waals surface area contributed by atoms with Crippen LogP contribution in [0.15, 0.2) is 66.7 Å². The molecule has 30 heavy (non-hydrogen) atoms. The maximum Gasteiger partial charge on any atom is 0.500 e. The van der Waals surface area contributed by atoms with Crippen molar-refractivity contribution in [1.29, 1.82) is 0 Å². The molecular formula is C22H31IN2O4Si. The Hall–Kier alpha value is -1.72. The van der Waals surface area contributed by atoms with Gasteiger partial charge in [0.1, 0.15) is 0 Å². The second-order valence-electron chi connectivity index (χ2n) is 6.67. The van der Waals surface area contributed by atoms with Crippen molar-refractivity contribution in [2.24, 2.45) is 0 Å². The number of nitrogens with zero attached hydrogens (tertiary/aromatic N) is 1. The second-order valence-corrected chi connectivity index (χ2v) is 9.76. The molecule has 0 aromatic heterocycles. The van der Waals surface area contributed by atoms with E-state index in [9.17, 15) is 4.79 Å². The largest absolute Gasteiger partial charge is 0.500 e. The molecule has 0 aliphatic heterocycles. The van der Waals surface area contributed by atoms with E-state index in [-0.39, 0.29) is 29.9 Å². The molecule has 6 nitrogen and oxygen atoms in total. The molecule has 1 amide bonds. The molecule has 8 heteroatoms. The molecule has 0 fully saturated rings. The number of para-hydroxylation sites is 1. The van der Waals surface area contributed by atoms with Crippen molar-refractivity contribution in [3.05, 3.63) is 66.7 Å². The van der Waals surface area contributed by atoms with Gasteiger partial charge >= 0.3 is 8.80 Å². The molecule has 0 bridgehead atoms. The number of amides is 1. The Morgan fingerprint density at radius 3 is 2.00 bits per heavy atom. The van der Waals surface area contributed by atoms with E-state index in [1.165, 1.54) is 0 Å². The number of hydrogen-bond donors (Lipinski definition) is 1. The van der Waals surface area contributed by atoms with Crippen molar-refractivity contribution in [2.45, 2.75) is 19.4 Å². The minimum atomic E-state index is -2.61. The summed E-state index contributed by atoms with van der Waals surface area (Å²) in [5.74, 6) is -0.183. The molecule has 2 rings (SSSR count). The minimum absolute atomic E-state index is 0. The Labute approximate surface area is 197 Å². The molecular weight excluding hydrogens is 511 g/mol. The fraction of sp³-hybridized carbons (Fsp3) is 0.318. The van der Waals surface area contributed by atoms with Gasteiger partial charge < -0.3 is 23.5 Å². The smallest absolute Gasteiger partial charge is 0.377 e. The molecule has 1 N–H and O–H groups in total. The lowest BCUT2D eigenvalue weighted by molar-refractivity contribution is -0.112. The summed E-state index contributed by atoms with van der Waals surface area (Å²) in [6, 6.07) is 18.7. The maximum atomic E-state index is 11.8. The summed E-state index contributed by atoms with van der Waals surface area (Å²) in [7, 11) is 2.29. The number of anilines is 3. The molecule has 0 atom stereocenters. The molecule has 0 aliphatic rings. The summed E-state index contributed by atoms with van der Waals surface area (Å²) in [4.78, 5) is 14.0. The molecule has 0 heterocycles. The summed E-state index contributed by atoms with van der Waals surface area (Å²) in [6.07, 6.45) is 0.838. The molecule has 2 aromatic rings. The number of rotatable bonds is 11. The van der Waals surface area contributed by atoms with Crippen molar-refractivity contribution in [3.63, 3.8) is 0 Å². The third-order valence-electron chi connectivity index (χ3n) is 4.69. The lowest BCUT2D eigenvalue weighted by Gasteiger charge is -2.28. The first-order valence-corrected chi connectivity index (χ1v) is 11.4. The van der Waals surface area contributed by atoms with Crippen LogP contribution in [0.2, 0.25) is 6.04 Å². The topological polar surface area (TPSA) is 60.0 Å². The Morgan fingerprint density at radius 2 is 1.50 bits per heavy atom. The van der Waals surface area contributed by atoms with Crippen LogP contribution in [0.3, 0.4) is 0 Å². The van der Waals surface area contributed by atoms with Crippen molar-refractivity contribution in [1.82, 2.24) is 0 Å². The Kier molecular flexibility index (Phi) is 11.3. The quantitative estimate of drug-likeness (QED) is 0.240. The van der Waals surface area contributed by atoms with Gasteiger partial charge in [0.2, 0.25) is 0 Å². The molecule has 0 saturated carbocycles. The van der Waals surface area contributed by atoms with E-state index in [0.717, 1.165) is 30.0 Å². The molecule has 0 spiro atoms. The van der Waals surface area contributed by atoms with Crippen LogP contribution in [0.25, 0.3) is 0 Å². The van der Waals surface area contributed by atoms with Gasteiger partial charge in [-0.15, -0.1) is 24.0 Å². The van der Waals surface area contributed by atoms with Gasteiger partial charge in [0, 0.05) is 56.6 Å². The van der Waals surface area contributed by atoms with Crippen LogP contribution < -0.4 is 10.2 Å². The predicted molar refractivity (Wildman–Crippen MR) is 135 cm³/mol. The van der Waals surface area contributed by atoms with Gasteiger partial charge in [0.15, 0.2) is 0 Å². The van der Waals surface area contributed by atoms with Crippen LogP contribution >= 0.6 is 24.0 Å². The van der Waals surface area contributed by atoms with E-state index in [1.54, 1.807) is 28.3 Å². The monoisotopic (exact) mass is 542 g/mol. The van der Waals surface area contributed by atoms with Crippen LogP contribution in [0.4, 0.5) is 17.1 Å². The van der Waals surface area contributed by atoms with Crippen LogP contribution in [-0.4, -0.2) is 42.6 Å². The average Bonchev–Trinajstić information content (AvgIpc) is 2.76. The Bertz CT molecular complexity index is 790. The number of carbonyl (C=O) groups is 1. The summed E-state index contributed by atoms with van der Waals surface area (Å²) in [6.45, 7) is 6.12. The standard InChI is InChI=1S/C22H30N2O4Si.HI/c1-18(2)22(25)23-19-12-14-21(15-13-19)24(20-10-7-6-8-11-20)16-9-17-29(26-3,27-4)28-5;/h6-8,10-15H,1,9,16-17H2,2-5H3,(H,23,25);1H. The summed E-state index contributed by atoms with van der Waals surface area (Å²) < 4.78 is 16.6. The SMILES string of the molecule is C=C(C)C(=O)Nc1ccc(N(CCC[Si](OC)(OC)OC)c2ccccc2)cc1.I. The first-order valence-electron chi connectivity index (χ1n) is 9.49. The summed E-state index contributed by atoms with van der Waals surface area (Å²) >= 11 is 0. The summed E-state index contributed by atoms with van der Waals surface area (Å²) in [5.41, 5.74) is 3.33. The average molecular weight is 542 g/mol. The van der Waals surface area contributed by atoms with E-state index in [0.29, 0.717) is 11.6 Å². The zero-order chi connectivity index (χ0) is 21.3. The normalized spacial score (nSPS) is 10.8. The first-order chi connectivity index (χ1) is 13.9. The predicted octanol–water partition coefficient (Wildman–Crippen LogP) is 5.23. The third kappa shape index (κ3) is 7.20. The molecule has 2 aromatic carbocycles. The molecule has 164 valence electrons. The van der Waals surface area contributed by atoms with Gasteiger partial charge in [-0.1, -0.05) is 24.8 Å². The third-order valence-corrected chi connectivity index (χ3v) is 7.52. The highest BCUT2D eigenvalue weighted by atomic mass is 127. The van der Waals surface area contributed by atoms with Gasteiger partial charge in [0.25, 0.3) is 5.91 Å². The molecule has 0 saturated heterocycles. The van der Waals surface area contributed by atoms with Gasteiger partial charge in [0.05, 0.1) is 0 Å². The summed E-state index contributed by atoms with van der Waals surface area (Å²) in [5, 5.41) is 2.83.